The number of rotatable bonds is 3. The minimum absolute atomic E-state index is 0.259. The van der Waals surface area contributed by atoms with E-state index < -0.39 is 0 Å². The summed E-state index contributed by atoms with van der Waals surface area (Å²) in [5, 5.41) is 16.6. The maximum absolute atomic E-state index is 14.0. The molecule has 1 aliphatic heterocycles. The average molecular weight is 270 g/mol. The highest BCUT2D eigenvalue weighted by molar-refractivity contribution is 5.65. The fraction of sp³-hybridized carbons (Fsp3) is 0.333. The Morgan fingerprint density at radius 2 is 2.25 bits per heavy atom. The van der Waals surface area contributed by atoms with Crippen LogP contribution >= 0.6 is 0 Å². The molecule has 1 aliphatic rings. The number of aryl methyl sites for hydroxylation is 1. The van der Waals surface area contributed by atoms with Gasteiger partial charge in [-0.15, -0.1) is 0 Å². The number of nitrogens with zero attached hydrogens (tertiary/aromatic N) is 3. The first kappa shape index (κ1) is 12.8. The summed E-state index contributed by atoms with van der Waals surface area (Å²) in [6.45, 7) is 2.15. The van der Waals surface area contributed by atoms with E-state index in [1.165, 1.54) is 6.07 Å². The van der Waals surface area contributed by atoms with Crippen molar-refractivity contribution < 1.29 is 4.39 Å². The normalized spacial score (nSPS) is 13.8. The van der Waals surface area contributed by atoms with E-state index in [4.69, 9.17) is 5.26 Å². The van der Waals surface area contributed by atoms with E-state index in [0.717, 1.165) is 24.2 Å². The maximum atomic E-state index is 14.0. The van der Waals surface area contributed by atoms with Gasteiger partial charge in [0.2, 0.25) is 0 Å². The van der Waals surface area contributed by atoms with Crippen molar-refractivity contribution in [2.45, 2.75) is 25.9 Å². The molecule has 0 saturated carbocycles. The second kappa shape index (κ2) is 5.43. The quantitative estimate of drug-likeness (QED) is 0.930. The van der Waals surface area contributed by atoms with Gasteiger partial charge in [-0.2, -0.15) is 10.4 Å². The molecule has 1 aromatic heterocycles. The molecule has 0 radical (unpaired) electrons. The zero-order valence-corrected chi connectivity index (χ0v) is 11.1. The SMILES string of the molecule is N#CCCn1nc(-c2ccccc2F)c2c1CCNC2. The van der Waals surface area contributed by atoms with Crippen LogP contribution < -0.4 is 5.32 Å². The molecule has 5 heteroatoms. The zero-order chi connectivity index (χ0) is 13.9. The number of benzene rings is 1. The van der Waals surface area contributed by atoms with Crippen molar-refractivity contribution in [1.29, 1.82) is 5.26 Å². The average Bonchev–Trinajstić information content (AvgIpc) is 2.84. The minimum Gasteiger partial charge on any atom is -0.312 e. The van der Waals surface area contributed by atoms with Gasteiger partial charge in [-0.05, 0) is 12.1 Å². The maximum Gasteiger partial charge on any atom is 0.132 e. The Morgan fingerprint density at radius 3 is 3.05 bits per heavy atom. The van der Waals surface area contributed by atoms with E-state index >= 15 is 0 Å². The third kappa shape index (κ3) is 2.19. The molecule has 3 rings (SSSR count). The van der Waals surface area contributed by atoms with Crippen LogP contribution in [0.15, 0.2) is 24.3 Å². The Kier molecular flexibility index (Phi) is 3.48. The molecule has 102 valence electrons. The van der Waals surface area contributed by atoms with Crippen molar-refractivity contribution in [2.24, 2.45) is 0 Å². The zero-order valence-electron chi connectivity index (χ0n) is 11.1. The lowest BCUT2D eigenvalue weighted by Crippen LogP contribution is -2.25. The van der Waals surface area contributed by atoms with Crippen LogP contribution in [0.3, 0.4) is 0 Å². The van der Waals surface area contributed by atoms with Gasteiger partial charge in [0.1, 0.15) is 5.82 Å². The molecule has 20 heavy (non-hydrogen) atoms. The molecule has 0 unspecified atom stereocenters. The predicted octanol–water partition coefficient (Wildman–Crippen LogP) is 2.25. The molecule has 0 bridgehead atoms. The minimum atomic E-state index is -0.259. The first-order chi connectivity index (χ1) is 9.81. The molecule has 0 atom stereocenters. The lowest BCUT2D eigenvalue weighted by Gasteiger charge is -2.15. The van der Waals surface area contributed by atoms with Crippen LogP contribution in [0.2, 0.25) is 0 Å². The number of aromatic nitrogens is 2. The second-order valence-electron chi connectivity index (χ2n) is 4.81. The Bertz CT molecular complexity index is 669. The highest BCUT2D eigenvalue weighted by Crippen LogP contribution is 2.29. The van der Waals surface area contributed by atoms with Crippen LogP contribution in [0.25, 0.3) is 11.3 Å². The van der Waals surface area contributed by atoms with Gasteiger partial charge in [0.25, 0.3) is 0 Å². The van der Waals surface area contributed by atoms with E-state index in [-0.39, 0.29) is 5.82 Å². The second-order valence-corrected chi connectivity index (χ2v) is 4.81. The van der Waals surface area contributed by atoms with Crippen molar-refractivity contribution in [2.75, 3.05) is 6.54 Å². The van der Waals surface area contributed by atoms with E-state index in [9.17, 15) is 4.39 Å². The van der Waals surface area contributed by atoms with Crippen LogP contribution in [0.4, 0.5) is 4.39 Å². The molecule has 0 spiro atoms. The van der Waals surface area contributed by atoms with Gasteiger partial charge >= 0.3 is 0 Å². The molecule has 2 heterocycles. The lowest BCUT2D eigenvalue weighted by molar-refractivity contribution is 0.557. The first-order valence-electron chi connectivity index (χ1n) is 6.72. The van der Waals surface area contributed by atoms with Crippen molar-refractivity contribution in [3.63, 3.8) is 0 Å². The third-order valence-electron chi connectivity index (χ3n) is 3.57. The predicted molar refractivity (Wildman–Crippen MR) is 73.3 cm³/mol. The summed E-state index contributed by atoms with van der Waals surface area (Å²) in [6.07, 6.45) is 1.28. The molecule has 0 aliphatic carbocycles. The summed E-state index contributed by atoms with van der Waals surface area (Å²) in [6, 6.07) is 8.83. The van der Waals surface area contributed by atoms with Crippen molar-refractivity contribution in [3.05, 3.63) is 41.3 Å². The van der Waals surface area contributed by atoms with Gasteiger partial charge in [0.05, 0.1) is 24.7 Å². The van der Waals surface area contributed by atoms with E-state index in [0.29, 0.717) is 30.8 Å². The van der Waals surface area contributed by atoms with Crippen LogP contribution in [0.1, 0.15) is 17.7 Å². The van der Waals surface area contributed by atoms with Gasteiger partial charge < -0.3 is 5.32 Å². The van der Waals surface area contributed by atoms with Gasteiger partial charge in [-0.25, -0.2) is 4.39 Å². The summed E-state index contributed by atoms with van der Waals surface area (Å²) in [5.41, 5.74) is 3.41. The fourth-order valence-electron chi connectivity index (χ4n) is 2.63. The summed E-state index contributed by atoms with van der Waals surface area (Å²) in [5.74, 6) is -0.259. The number of hydrogen-bond acceptors (Lipinski definition) is 3. The highest BCUT2D eigenvalue weighted by atomic mass is 19.1. The summed E-state index contributed by atoms with van der Waals surface area (Å²) >= 11 is 0. The lowest BCUT2D eigenvalue weighted by atomic mass is 10.0. The van der Waals surface area contributed by atoms with Crippen molar-refractivity contribution >= 4 is 0 Å². The molecule has 0 amide bonds. The van der Waals surface area contributed by atoms with E-state index in [1.54, 1.807) is 12.1 Å². The third-order valence-corrected chi connectivity index (χ3v) is 3.57. The van der Waals surface area contributed by atoms with Crippen LogP contribution in [-0.4, -0.2) is 16.3 Å². The Morgan fingerprint density at radius 1 is 1.40 bits per heavy atom. The van der Waals surface area contributed by atoms with Crippen LogP contribution in [0.5, 0.6) is 0 Å². The summed E-state index contributed by atoms with van der Waals surface area (Å²) in [4.78, 5) is 0. The molecule has 1 aromatic carbocycles. The van der Waals surface area contributed by atoms with Gasteiger partial charge in [0, 0.05) is 36.3 Å². The molecular formula is C15H15FN4. The number of hydrogen-bond donors (Lipinski definition) is 1. The number of nitrogens with one attached hydrogen (secondary N) is 1. The molecular weight excluding hydrogens is 255 g/mol. The molecule has 0 fully saturated rings. The van der Waals surface area contributed by atoms with E-state index in [2.05, 4.69) is 16.5 Å². The summed E-state index contributed by atoms with van der Waals surface area (Å²) in [7, 11) is 0. The Balaban J connectivity index is 2.10. The number of halogens is 1. The molecule has 4 nitrogen and oxygen atoms in total. The largest absolute Gasteiger partial charge is 0.312 e. The highest BCUT2D eigenvalue weighted by Gasteiger charge is 2.22. The standard InChI is InChI=1S/C15H15FN4/c16-13-5-2-1-4-11(13)15-12-10-18-8-6-14(12)20(19-15)9-3-7-17/h1-2,4-5,18H,3,6,8-10H2. The molecule has 1 N–H and O–H groups in total. The first-order valence-corrected chi connectivity index (χ1v) is 6.72. The van der Waals surface area contributed by atoms with Gasteiger partial charge in [-0.1, -0.05) is 12.1 Å². The van der Waals surface area contributed by atoms with Crippen molar-refractivity contribution in [1.82, 2.24) is 15.1 Å². The Hall–Kier alpha value is -2.19. The Labute approximate surface area is 116 Å². The number of nitriles is 1. The summed E-state index contributed by atoms with van der Waals surface area (Å²) < 4.78 is 15.8. The monoisotopic (exact) mass is 270 g/mol. The molecule has 2 aromatic rings. The fourth-order valence-corrected chi connectivity index (χ4v) is 2.63. The van der Waals surface area contributed by atoms with Gasteiger partial charge in [0.15, 0.2) is 0 Å². The smallest absolute Gasteiger partial charge is 0.132 e. The van der Waals surface area contributed by atoms with Crippen molar-refractivity contribution in [3.8, 4) is 17.3 Å². The van der Waals surface area contributed by atoms with Crippen LogP contribution in [-0.2, 0) is 19.5 Å². The van der Waals surface area contributed by atoms with Gasteiger partial charge in [-0.3, -0.25) is 4.68 Å². The molecule has 0 saturated heterocycles. The topological polar surface area (TPSA) is 53.6 Å². The van der Waals surface area contributed by atoms with Crippen LogP contribution in [0, 0.1) is 17.1 Å². The van der Waals surface area contributed by atoms with E-state index in [1.807, 2.05) is 10.7 Å². The number of fused-ring (bicyclic) bond motifs is 1.